The first-order valence-electron chi connectivity index (χ1n) is 10.8. The molecule has 4 aromatic rings. The maximum atomic E-state index is 5.89. The van der Waals surface area contributed by atoms with Gasteiger partial charge in [0.2, 0.25) is 0 Å². The molecule has 0 bridgehead atoms. The van der Waals surface area contributed by atoms with Crippen LogP contribution in [0.3, 0.4) is 0 Å². The predicted molar refractivity (Wildman–Crippen MR) is 141 cm³/mol. The quantitative estimate of drug-likeness (QED) is 0.314. The highest BCUT2D eigenvalue weighted by Gasteiger charge is 2.43. The molecule has 0 radical (unpaired) electrons. The highest BCUT2D eigenvalue weighted by molar-refractivity contribution is 9.10. The van der Waals surface area contributed by atoms with E-state index in [0.717, 1.165) is 33.0 Å². The number of nitrogens with one attached hydrogen (secondary N) is 1. The van der Waals surface area contributed by atoms with Crippen LogP contribution in [0, 0.1) is 0 Å². The number of aromatic nitrogens is 2. The van der Waals surface area contributed by atoms with Crippen LogP contribution in [0.4, 0.5) is 5.69 Å². The van der Waals surface area contributed by atoms with Gasteiger partial charge in [0.25, 0.3) is 0 Å². The third-order valence-electron chi connectivity index (χ3n) is 5.93. The van der Waals surface area contributed by atoms with Crippen molar-refractivity contribution in [2.45, 2.75) is 12.1 Å². The predicted octanol–water partition coefficient (Wildman–Crippen LogP) is 5.83. The van der Waals surface area contributed by atoms with Gasteiger partial charge in [-0.05, 0) is 72.9 Å². The minimum Gasteiger partial charge on any atom is -0.497 e. The molecule has 6 nitrogen and oxygen atoms in total. The summed E-state index contributed by atoms with van der Waals surface area (Å²) in [7, 11) is 3.31. The van der Waals surface area contributed by atoms with Crippen molar-refractivity contribution in [3.05, 3.63) is 101 Å². The number of pyridine rings is 1. The number of hydrogen-bond acceptors (Lipinski definition) is 4. The van der Waals surface area contributed by atoms with Crippen molar-refractivity contribution < 1.29 is 9.47 Å². The van der Waals surface area contributed by atoms with Gasteiger partial charge >= 0.3 is 0 Å². The van der Waals surface area contributed by atoms with Crippen molar-refractivity contribution >= 4 is 38.9 Å². The third-order valence-corrected chi connectivity index (χ3v) is 6.77. The minimum atomic E-state index is -0.193. The summed E-state index contributed by atoms with van der Waals surface area (Å²) < 4.78 is 14.5. The van der Waals surface area contributed by atoms with Crippen molar-refractivity contribution in [1.29, 1.82) is 0 Å². The van der Waals surface area contributed by atoms with Gasteiger partial charge in [0.1, 0.15) is 17.5 Å². The summed E-state index contributed by atoms with van der Waals surface area (Å²) in [4.78, 5) is 6.75. The Morgan fingerprint density at radius 1 is 0.971 bits per heavy atom. The summed E-state index contributed by atoms with van der Waals surface area (Å²) in [6, 6.07) is 23.7. The van der Waals surface area contributed by atoms with Crippen LogP contribution in [0.2, 0.25) is 0 Å². The lowest BCUT2D eigenvalue weighted by atomic mass is 10.0. The van der Waals surface area contributed by atoms with Gasteiger partial charge < -0.3 is 24.3 Å². The van der Waals surface area contributed by atoms with Crippen molar-refractivity contribution in [2.75, 3.05) is 19.1 Å². The molecular formula is C26H23BrN4O2S. The van der Waals surface area contributed by atoms with Crippen LogP contribution in [0.15, 0.2) is 89.7 Å². The van der Waals surface area contributed by atoms with Gasteiger partial charge in [-0.1, -0.05) is 22.0 Å². The first-order valence-corrected chi connectivity index (χ1v) is 12.0. The first kappa shape index (κ1) is 22.4. The van der Waals surface area contributed by atoms with Crippen LogP contribution >= 0.6 is 28.1 Å². The van der Waals surface area contributed by atoms with Gasteiger partial charge in [-0.15, -0.1) is 0 Å². The van der Waals surface area contributed by atoms with Crippen LogP contribution in [0.5, 0.6) is 11.5 Å². The number of halogens is 1. The Bertz CT molecular complexity index is 1310. The summed E-state index contributed by atoms with van der Waals surface area (Å²) in [6.07, 6.45) is 3.87. The van der Waals surface area contributed by atoms with E-state index >= 15 is 0 Å². The lowest BCUT2D eigenvalue weighted by Gasteiger charge is -2.30. The van der Waals surface area contributed by atoms with Crippen LogP contribution < -0.4 is 19.7 Å². The number of hydrogen-bond donors (Lipinski definition) is 1. The first-order chi connectivity index (χ1) is 16.6. The molecule has 2 atom stereocenters. The molecule has 2 aromatic heterocycles. The molecule has 34 heavy (non-hydrogen) atoms. The second-order valence-corrected chi connectivity index (χ2v) is 9.12. The molecule has 3 heterocycles. The van der Waals surface area contributed by atoms with Gasteiger partial charge in [-0.25, -0.2) is 0 Å². The zero-order valence-electron chi connectivity index (χ0n) is 18.7. The molecule has 1 saturated heterocycles. The maximum Gasteiger partial charge on any atom is 0.174 e. The summed E-state index contributed by atoms with van der Waals surface area (Å²) >= 11 is 9.42. The largest absolute Gasteiger partial charge is 0.497 e. The SMILES string of the molecule is COc1ccc(OC)c(N2C(=S)NC(c3ccccn3)C2c2cccn2-c2ccc(Br)cc2)c1. The fourth-order valence-corrected chi connectivity index (χ4v) is 4.98. The maximum absolute atomic E-state index is 5.89. The van der Waals surface area contributed by atoms with Crippen molar-refractivity contribution in [1.82, 2.24) is 14.9 Å². The molecule has 2 unspecified atom stereocenters. The molecule has 5 rings (SSSR count). The van der Waals surface area contributed by atoms with E-state index < -0.39 is 0 Å². The van der Waals surface area contributed by atoms with E-state index in [-0.39, 0.29) is 12.1 Å². The Morgan fingerprint density at radius 3 is 2.50 bits per heavy atom. The van der Waals surface area contributed by atoms with Gasteiger partial charge in [0.05, 0.1) is 31.6 Å². The Labute approximate surface area is 212 Å². The summed E-state index contributed by atoms with van der Waals surface area (Å²) in [5.74, 6) is 1.43. The monoisotopic (exact) mass is 534 g/mol. The molecule has 0 amide bonds. The van der Waals surface area contributed by atoms with E-state index in [1.165, 1.54) is 0 Å². The molecule has 1 N–H and O–H groups in total. The number of ether oxygens (including phenoxy) is 2. The van der Waals surface area contributed by atoms with E-state index in [1.54, 1.807) is 20.4 Å². The van der Waals surface area contributed by atoms with Gasteiger partial charge in [0.15, 0.2) is 5.11 Å². The molecule has 2 aromatic carbocycles. The third kappa shape index (κ3) is 4.03. The number of thiocarbonyl (C=S) groups is 1. The topological polar surface area (TPSA) is 51.6 Å². The highest BCUT2D eigenvalue weighted by Crippen LogP contribution is 2.46. The van der Waals surface area contributed by atoms with E-state index in [4.69, 9.17) is 21.7 Å². The van der Waals surface area contributed by atoms with Gasteiger partial charge in [0, 0.05) is 34.3 Å². The smallest absolute Gasteiger partial charge is 0.174 e. The Morgan fingerprint density at radius 2 is 1.79 bits per heavy atom. The van der Waals surface area contributed by atoms with E-state index in [0.29, 0.717) is 10.9 Å². The van der Waals surface area contributed by atoms with Crippen molar-refractivity contribution in [3.8, 4) is 17.2 Å². The van der Waals surface area contributed by atoms with Crippen LogP contribution in [0.25, 0.3) is 5.69 Å². The van der Waals surface area contributed by atoms with E-state index in [2.05, 4.69) is 66.2 Å². The number of rotatable bonds is 6. The number of anilines is 1. The molecule has 172 valence electrons. The van der Waals surface area contributed by atoms with Crippen molar-refractivity contribution in [2.24, 2.45) is 0 Å². The molecule has 1 fully saturated rings. The van der Waals surface area contributed by atoms with Crippen LogP contribution in [0.1, 0.15) is 23.5 Å². The fraction of sp³-hybridized carbons (Fsp3) is 0.154. The standard InChI is InChI=1S/C26H23BrN4O2S/c1-32-19-12-13-23(33-2)22(16-19)31-25(24(29-26(31)34)20-6-3-4-14-28-20)21-7-5-15-30(21)18-10-8-17(27)9-11-18/h3-16,24-25H,1-2H3,(H,29,34). The minimum absolute atomic E-state index is 0.172. The average Bonchev–Trinajstić information content (AvgIpc) is 3.49. The molecule has 1 aliphatic heterocycles. The fourth-order valence-electron chi connectivity index (χ4n) is 4.37. The number of nitrogens with zero attached hydrogens (tertiary/aromatic N) is 3. The molecular weight excluding hydrogens is 512 g/mol. The molecule has 1 aliphatic rings. The average molecular weight is 535 g/mol. The van der Waals surface area contributed by atoms with E-state index in [9.17, 15) is 0 Å². The molecule has 0 saturated carbocycles. The van der Waals surface area contributed by atoms with Gasteiger partial charge in [-0.2, -0.15) is 0 Å². The second-order valence-electron chi connectivity index (χ2n) is 7.81. The zero-order chi connectivity index (χ0) is 23.7. The molecule has 0 aliphatic carbocycles. The molecule has 0 spiro atoms. The second kappa shape index (κ2) is 9.48. The number of benzene rings is 2. The summed E-state index contributed by atoms with van der Waals surface area (Å²) in [5.41, 5.74) is 3.85. The van der Waals surface area contributed by atoms with E-state index in [1.807, 2.05) is 48.5 Å². The normalized spacial score (nSPS) is 17.5. The highest BCUT2D eigenvalue weighted by atomic mass is 79.9. The Kier molecular flexibility index (Phi) is 6.26. The lowest BCUT2D eigenvalue weighted by molar-refractivity contribution is 0.402. The summed E-state index contributed by atoms with van der Waals surface area (Å²) in [5, 5.41) is 4.10. The van der Waals surface area contributed by atoms with Crippen molar-refractivity contribution in [3.63, 3.8) is 0 Å². The van der Waals surface area contributed by atoms with Crippen LogP contribution in [-0.4, -0.2) is 28.9 Å². The lowest BCUT2D eigenvalue weighted by Crippen LogP contribution is -2.30. The Hall–Kier alpha value is -3.36. The number of methoxy groups -OCH3 is 2. The molecule has 8 heteroatoms. The Balaban J connectivity index is 1.70. The zero-order valence-corrected chi connectivity index (χ0v) is 21.1. The summed E-state index contributed by atoms with van der Waals surface area (Å²) in [6.45, 7) is 0. The van der Waals surface area contributed by atoms with Crippen LogP contribution in [-0.2, 0) is 0 Å². The van der Waals surface area contributed by atoms with Gasteiger partial charge in [-0.3, -0.25) is 4.98 Å².